The number of carboxylic acid groups (broad SMARTS) is 2. The molecule has 1 atom stereocenters. The second-order valence-corrected chi connectivity index (χ2v) is 6.13. The fourth-order valence-electron chi connectivity index (χ4n) is 2.44. The summed E-state index contributed by atoms with van der Waals surface area (Å²) >= 11 is 4.19. The highest BCUT2D eigenvalue weighted by Gasteiger charge is 2.19. The number of carbonyl (C=O) groups is 2. The molecule has 0 amide bonds. The molecule has 0 fully saturated rings. The lowest BCUT2D eigenvalue weighted by atomic mass is 9.97. The summed E-state index contributed by atoms with van der Waals surface area (Å²) in [7, 11) is 0. The first kappa shape index (κ1) is 20.3. The average molecular weight is 318 g/mol. The molecule has 0 saturated heterocycles. The van der Waals surface area contributed by atoms with Crippen LogP contribution in [0.3, 0.4) is 0 Å². The second-order valence-electron chi connectivity index (χ2n) is 5.68. The van der Waals surface area contributed by atoms with Crippen LogP contribution in [-0.2, 0) is 9.59 Å². The molecular formula is C16H30O4S. The first-order chi connectivity index (χ1) is 10.1. The van der Waals surface area contributed by atoms with E-state index in [1.54, 1.807) is 0 Å². The van der Waals surface area contributed by atoms with Gasteiger partial charge in [-0.05, 0) is 18.6 Å². The van der Waals surface area contributed by atoms with E-state index in [2.05, 4.69) is 12.6 Å². The topological polar surface area (TPSA) is 74.6 Å². The Morgan fingerprint density at radius 1 is 0.762 bits per heavy atom. The van der Waals surface area contributed by atoms with Crippen LogP contribution in [0.2, 0.25) is 0 Å². The van der Waals surface area contributed by atoms with Crippen molar-refractivity contribution in [1.29, 1.82) is 0 Å². The lowest BCUT2D eigenvalue weighted by Gasteiger charge is -2.09. The Kier molecular flexibility index (Phi) is 13.8. The van der Waals surface area contributed by atoms with Crippen molar-refractivity contribution in [2.24, 2.45) is 5.92 Å². The van der Waals surface area contributed by atoms with E-state index in [1.807, 2.05) is 0 Å². The molecule has 4 nitrogen and oxygen atoms in total. The fourth-order valence-corrected chi connectivity index (χ4v) is 2.66. The summed E-state index contributed by atoms with van der Waals surface area (Å²) in [5.41, 5.74) is 0. The molecule has 2 N–H and O–H groups in total. The highest BCUT2D eigenvalue weighted by molar-refractivity contribution is 7.80. The molecule has 0 aromatic rings. The van der Waals surface area contributed by atoms with Crippen molar-refractivity contribution < 1.29 is 19.8 Å². The minimum Gasteiger partial charge on any atom is -0.481 e. The maximum Gasteiger partial charge on any atom is 0.307 e. The van der Waals surface area contributed by atoms with Crippen LogP contribution in [0.4, 0.5) is 0 Å². The summed E-state index contributed by atoms with van der Waals surface area (Å²) in [6, 6.07) is 0. The van der Waals surface area contributed by atoms with Gasteiger partial charge in [0.05, 0.1) is 12.3 Å². The van der Waals surface area contributed by atoms with E-state index in [-0.39, 0.29) is 6.42 Å². The van der Waals surface area contributed by atoms with Crippen molar-refractivity contribution in [2.75, 3.05) is 5.75 Å². The van der Waals surface area contributed by atoms with Crippen LogP contribution in [0.1, 0.15) is 77.0 Å². The summed E-state index contributed by atoms with van der Waals surface area (Å²) in [6.07, 6.45) is 12.0. The number of aliphatic carboxylic acids is 2. The van der Waals surface area contributed by atoms with Gasteiger partial charge in [0, 0.05) is 0 Å². The SMILES string of the molecule is O=C(O)CC(CCCCCCCCCCCCS)C(=O)O. The van der Waals surface area contributed by atoms with Gasteiger partial charge in [-0.2, -0.15) is 12.6 Å². The zero-order valence-electron chi connectivity index (χ0n) is 12.9. The Hall–Kier alpha value is -0.710. The lowest BCUT2D eigenvalue weighted by molar-refractivity contribution is -0.148. The third-order valence-corrected chi connectivity index (χ3v) is 4.05. The Labute approximate surface area is 133 Å². The first-order valence-electron chi connectivity index (χ1n) is 8.13. The maximum atomic E-state index is 10.9. The molecule has 124 valence electrons. The summed E-state index contributed by atoms with van der Waals surface area (Å²) in [5, 5.41) is 17.6. The van der Waals surface area contributed by atoms with Gasteiger partial charge in [-0.25, -0.2) is 0 Å². The fraction of sp³-hybridized carbons (Fsp3) is 0.875. The van der Waals surface area contributed by atoms with Gasteiger partial charge in [-0.15, -0.1) is 0 Å². The summed E-state index contributed by atoms with van der Waals surface area (Å²) in [6.45, 7) is 0. The van der Waals surface area contributed by atoms with Crippen molar-refractivity contribution in [3.8, 4) is 0 Å². The average Bonchev–Trinajstić information content (AvgIpc) is 2.42. The standard InChI is InChI=1S/C16H30O4S/c17-15(18)13-14(16(19)20)11-9-7-5-3-1-2-4-6-8-10-12-21/h14,21H,1-13H2,(H,17,18)(H,19,20). The largest absolute Gasteiger partial charge is 0.481 e. The predicted molar refractivity (Wildman–Crippen MR) is 88.0 cm³/mol. The van der Waals surface area contributed by atoms with E-state index in [1.165, 1.54) is 44.9 Å². The van der Waals surface area contributed by atoms with Gasteiger partial charge in [0.2, 0.25) is 0 Å². The minimum atomic E-state index is -1.03. The highest BCUT2D eigenvalue weighted by Crippen LogP contribution is 2.16. The Balaban J connectivity index is 3.38. The van der Waals surface area contributed by atoms with Crippen molar-refractivity contribution in [3.05, 3.63) is 0 Å². The minimum absolute atomic E-state index is 0.262. The highest BCUT2D eigenvalue weighted by atomic mass is 32.1. The summed E-state index contributed by atoms with van der Waals surface area (Å²) in [5.74, 6) is -1.76. The molecule has 0 radical (unpaired) electrons. The van der Waals surface area contributed by atoms with Gasteiger partial charge in [0.25, 0.3) is 0 Å². The Morgan fingerprint density at radius 3 is 1.57 bits per heavy atom. The summed E-state index contributed by atoms with van der Waals surface area (Å²) in [4.78, 5) is 21.4. The molecule has 0 heterocycles. The van der Waals surface area contributed by atoms with Gasteiger partial charge in [-0.3, -0.25) is 9.59 Å². The molecule has 0 aliphatic heterocycles. The Bertz CT molecular complexity index is 281. The number of carboxylic acids is 2. The molecule has 21 heavy (non-hydrogen) atoms. The molecular weight excluding hydrogens is 288 g/mol. The van der Waals surface area contributed by atoms with Crippen molar-refractivity contribution in [2.45, 2.75) is 77.0 Å². The molecule has 0 bridgehead atoms. The van der Waals surface area contributed by atoms with Crippen LogP contribution in [-0.4, -0.2) is 27.9 Å². The van der Waals surface area contributed by atoms with Crippen LogP contribution < -0.4 is 0 Å². The van der Waals surface area contributed by atoms with Crippen LogP contribution in [0.15, 0.2) is 0 Å². The van der Waals surface area contributed by atoms with Gasteiger partial charge >= 0.3 is 11.9 Å². The zero-order valence-corrected chi connectivity index (χ0v) is 13.8. The van der Waals surface area contributed by atoms with E-state index in [9.17, 15) is 9.59 Å². The first-order valence-corrected chi connectivity index (χ1v) is 8.76. The van der Waals surface area contributed by atoms with Crippen molar-refractivity contribution in [1.82, 2.24) is 0 Å². The molecule has 0 aliphatic carbocycles. The van der Waals surface area contributed by atoms with Gasteiger partial charge in [0.15, 0.2) is 0 Å². The van der Waals surface area contributed by atoms with E-state index < -0.39 is 17.9 Å². The van der Waals surface area contributed by atoms with E-state index in [0.29, 0.717) is 6.42 Å². The molecule has 0 rings (SSSR count). The Morgan fingerprint density at radius 2 is 1.19 bits per heavy atom. The van der Waals surface area contributed by atoms with Gasteiger partial charge < -0.3 is 10.2 Å². The molecule has 0 spiro atoms. The number of thiol groups is 1. The van der Waals surface area contributed by atoms with Crippen molar-refractivity contribution in [3.63, 3.8) is 0 Å². The number of rotatable bonds is 15. The molecule has 0 saturated carbocycles. The van der Waals surface area contributed by atoms with Gasteiger partial charge in [0.1, 0.15) is 0 Å². The number of unbranched alkanes of at least 4 members (excludes halogenated alkanes) is 9. The quantitative estimate of drug-likeness (QED) is 0.309. The van der Waals surface area contributed by atoms with E-state index in [4.69, 9.17) is 10.2 Å². The predicted octanol–water partition coefficient (Wildman–Crippen LogP) is 4.38. The number of hydrogen-bond donors (Lipinski definition) is 3. The maximum absolute atomic E-state index is 10.9. The molecule has 0 aromatic carbocycles. The summed E-state index contributed by atoms with van der Waals surface area (Å²) < 4.78 is 0. The van der Waals surface area contributed by atoms with Crippen molar-refractivity contribution >= 4 is 24.6 Å². The number of hydrogen-bond acceptors (Lipinski definition) is 3. The van der Waals surface area contributed by atoms with Gasteiger partial charge in [-0.1, -0.05) is 57.8 Å². The monoisotopic (exact) mass is 318 g/mol. The molecule has 5 heteroatoms. The second kappa shape index (κ2) is 14.2. The zero-order chi connectivity index (χ0) is 15.9. The van der Waals surface area contributed by atoms with Crippen LogP contribution in [0.25, 0.3) is 0 Å². The van der Waals surface area contributed by atoms with Crippen LogP contribution >= 0.6 is 12.6 Å². The third-order valence-electron chi connectivity index (χ3n) is 3.73. The molecule has 1 unspecified atom stereocenters. The van der Waals surface area contributed by atoms with E-state index >= 15 is 0 Å². The third kappa shape index (κ3) is 14.0. The smallest absolute Gasteiger partial charge is 0.307 e. The molecule has 0 aliphatic rings. The van der Waals surface area contributed by atoms with Crippen LogP contribution in [0.5, 0.6) is 0 Å². The van der Waals surface area contributed by atoms with E-state index in [0.717, 1.165) is 25.0 Å². The molecule has 0 aromatic heterocycles. The lowest BCUT2D eigenvalue weighted by Crippen LogP contribution is -2.17. The van der Waals surface area contributed by atoms with Crippen LogP contribution in [0, 0.1) is 5.92 Å². The normalized spacial score (nSPS) is 12.2.